The second-order valence-corrected chi connectivity index (χ2v) is 7.21. The number of allylic oxidation sites excluding steroid dienone is 6. The number of carbonyl (C=O) groups excluding carboxylic acids is 2. The smallest absolute Gasteiger partial charge is 0.198 e. The minimum Gasteiger partial charge on any atom is -0.379 e. The molecule has 0 spiro atoms. The molecule has 0 amide bonds. The summed E-state index contributed by atoms with van der Waals surface area (Å²) in [5.74, 6) is -0.332. The van der Waals surface area contributed by atoms with E-state index < -0.39 is 0 Å². The lowest BCUT2D eigenvalue weighted by Crippen LogP contribution is -2.41. The van der Waals surface area contributed by atoms with Crippen LogP contribution in [0.15, 0.2) is 59.0 Å². The van der Waals surface area contributed by atoms with E-state index in [2.05, 4.69) is 9.80 Å². The number of ketones is 2. The first-order chi connectivity index (χ1) is 13.1. The number of fused-ring (bicyclic) bond motifs is 1. The third kappa shape index (κ3) is 3.29. The van der Waals surface area contributed by atoms with Crippen molar-refractivity contribution in [2.75, 3.05) is 39.4 Å². The van der Waals surface area contributed by atoms with Gasteiger partial charge in [-0.1, -0.05) is 24.3 Å². The fourth-order valence-electron chi connectivity index (χ4n) is 4.00. The van der Waals surface area contributed by atoms with E-state index in [9.17, 15) is 9.59 Å². The zero-order valence-electron chi connectivity index (χ0n) is 15.8. The summed E-state index contributed by atoms with van der Waals surface area (Å²) in [6, 6.07) is 7.06. The average molecular weight is 364 g/mol. The summed E-state index contributed by atoms with van der Waals surface area (Å²) in [6.45, 7) is 9.45. The molecule has 0 atom stereocenters. The maximum absolute atomic E-state index is 12.8. The van der Waals surface area contributed by atoms with Gasteiger partial charge in [0.2, 0.25) is 0 Å². The van der Waals surface area contributed by atoms with Crippen LogP contribution in [0.1, 0.15) is 34.6 Å². The van der Waals surface area contributed by atoms with Crippen molar-refractivity contribution in [3.63, 3.8) is 0 Å². The number of hydrogen-bond donors (Lipinski definition) is 0. The predicted octanol–water partition coefficient (Wildman–Crippen LogP) is 2.82. The van der Waals surface area contributed by atoms with Crippen LogP contribution >= 0.6 is 0 Å². The van der Waals surface area contributed by atoms with Crippen LogP contribution < -0.4 is 0 Å². The Bertz CT molecular complexity index is 830. The minimum absolute atomic E-state index is 0.166. The topological polar surface area (TPSA) is 49.9 Å². The second kappa shape index (κ2) is 7.25. The first kappa shape index (κ1) is 17.9. The summed E-state index contributed by atoms with van der Waals surface area (Å²) in [5, 5.41) is 0. The summed E-state index contributed by atoms with van der Waals surface area (Å²) >= 11 is 0. The molecule has 1 fully saturated rings. The van der Waals surface area contributed by atoms with E-state index in [4.69, 9.17) is 4.74 Å². The van der Waals surface area contributed by atoms with Gasteiger partial charge in [0.05, 0.1) is 18.8 Å². The fraction of sp³-hybridized carbons (Fsp3) is 0.364. The number of Topliss-reactive ketones (excluding diaryl/α,β-unsaturated/α-hetero) is 2. The zero-order chi connectivity index (χ0) is 19.0. The number of ether oxygens (including phenoxy) is 1. The summed E-state index contributed by atoms with van der Waals surface area (Å²) in [4.78, 5) is 30.2. The van der Waals surface area contributed by atoms with Crippen LogP contribution in [-0.4, -0.2) is 60.8 Å². The molecule has 1 aromatic carbocycles. The van der Waals surface area contributed by atoms with E-state index in [-0.39, 0.29) is 11.6 Å². The second-order valence-electron chi connectivity index (χ2n) is 7.21. The molecule has 2 heterocycles. The number of benzene rings is 1. The van der Waals surface area contributed by atoms with Crippen molar-refractivity contribution in [1.82, 2.24) is 9.80 Å². The molecule has 140 valence electrons. The van der Waals surface area contributed by atoms with E-state index in [0.29, 0.717) is 16.7 Å². The van der Waals surface area contributed by atoms with Crippen LogP contribution in [0.2, 0.25) is 0 Å². The Labute approximate surface area is 159 Å². The van der Waals surface area contributed by atoms with Crippen LogP contribution in [0.4, 0.5) is 0 Å². The monoisotopic (exact) mass is 364 g/mol. The molecule has 1 aromatic rings. The maximum Gasteiger partial charge on any atom is 0.198 e. The van der Waals surface area contributed by atoms with Crippen LogP contribution in [0.5, 0.6) is 0 Å². The number of hydrogen-bond acceptors (Lipinski definition) is 5. The summed E-state index contributed by atoms with van der Waals surface area (Å²) in [6.07, 6.45) is 3.92. The number of carbonyl (C=O) groups is 2. The number of nitrogens with zero attached hydrogens (tertiary/aromatic N) is 2. The molecule has 0 saturated carbocycles. The molecule has 4 rings (SSSR count). The van der Waals surface area contributed by atoms with Crippen molar-refractivity contribution in [3.05, 3.63) is 70.1 Å². The van der Waals surface area contributed by atoms with E-state index in [1.54, 1.807) is 24.3 Å². The molecular weight excluding hydrogens is 340 g/mol. The highest BCUT2D eigenvalue weighted by Crippen LogP contribution is 2.32. The molecule has 0 N–H and O–H groups in total. The number of rotatable bonds is 3. The Morgan fingerprint density at radius 1 is 0.889 bits per heavy atom. The van der Waals surface area contributed by atoms with Gasteiger partial charge in [0.25, 0.3) is 0 Å². The highest BCUT2D eigenvalue weighted by atomic mass is 16.5. The van der Waals surface area contributed by atoms with E-state index in [1.807, 2.05) is 26.0 Å². The van der Waals surface area contributed by atoms with Gasteiger partial charge in [-0.05, 0) is 31.6 Å². The standard InChI is InChI=1S/C22H24N2O3/c1-15-13-17(20-21(25)18-5-3-4-6-19(18)22(20)26)14-16(2)24(15)8-7-23-9-11-27-12-10-23/h3-6,13-14H,7-12H2,1-2H3. The lowest BCUT2D eigenvalue weighted by Gasteiger charge is -2.33. The highest BCUT2D eigenvalue weighted by molar-refractivity contribution is 6.40. The van der Waals surface area contributed by atoms with Crippen molar-refractivity contribution >= 4 is 11.6 Å². The van der Waals surface area contributed by atoms with Gasteiger partial charge in [-0.15, -0.1) is 0 Å². The predicted molar refractivity (Wildman–Crippen MR) is 104 cm³/mol. The van der Waals surface area contributed by atoms with E-state index >= 15 is 0 Å². The molecule has 0 aromatic heterocycles. The van der Waals surface area contributed by atoms with Crippen LogP contribution in [-0.2, 0) is 4.74 Å². The number of morpholine rings is 1. The molecule has 1 aliphatic carbocycles. The fourth-order valence-corrected chi connectivity index (χ4v) is 4.00. The molecule has 5 heteroatoms. The third-order valence-electron chi connectivity index (χ3n) is 5.48. The molecule has 3 aliphatic rings. The summed E-state index contributed by atoms with van der Waals surface area (Å²) in [7, 11) is 0. The van der Waals surface area contributed by atoms with E-state index in [0.717, 1.165) is 56.4 Å². The molecule has 2 aliphatic heterocycles. The van der Waals surface area contributed by atoms with Crippen molar-refractivity contribution in [2.45, 2.75) is 13.8 Å². The van der Waals surface area contributed by atoms with Gasteiger partial charge in [0, 0.05) is 48.7 Å². The Kier molecular flexibility index (Phi) is 4.81. The quantitative estimate of drug-likeness (QED) is 0.610. The molecule has 0 bridgehead atoms. The molecule has 0 radical (unpaired) electrons. The Balaban J connectivity index is 1.57. The van der Waals surface area contributed by atoms with Gasteiger partial charge in [0.1, 0.15) is 0 Å². The SMILES string of the molecule is CC1=CC(=C2C(=O)c3ccccc3C2=O)C=C(C)N1CCN1CCOCC1. The van der Waals surface area contributed by atoms with Gasteiger partial charge in [-0.25, -0.2) is 0 Å². The van der Waals surface area contributed by atoms with Gasteiger partial charge < -0.3 is 9.64 Å². The van der Waals surface area contributed by atoms with Crippen molar-refractivity contribution < 1.29 is 14.3 Å². The van der Waals surface area contributed by atoms with Crippen molar-refractivity contribution in [1.29, 1.82) is 0 Å². The maximum atomic E-state index is 12.8. The van der Waals surface area contributed by atoms with E-state index in [1.165, 1.54) is 0 Å². The Morgan fingerprint density at radius 2 is 1.44 bits per heavy atom. The molecule has 0 unspecified atom stereocenters. The lowest BCUT2D eigenvalue weighted by molar-refractivity contribution is 0.0358. The van der Waals surface area contributed by atoms with Gasteiger partial charge >= 0.3 is 0 Å². The first-order valence-electron chi connectivity index (χ1n) is 9.43. The summed E-state index contributed by atoms with van der Waals surface area (Å²) < 4.78 is 5.40. The van der Waals surface area contributed by atoms with Gasteiger partial charge in [0.15, 0.2) is 11.6 Å². The van der Waals surface area contributed by atoms with Crippen LogP contribution in [0.25, 0.3) is 0 Å². The van der Waals surface area contributed by atoms with Gasteiger partial charge in [-0.2, -0.15) is 0 Å². The third-order valence-corrected chi connectivity index (χ3v) is 5.48. The van der Waals surface area contributed by atoms with Crippen LogP contribution in [0, 0.1) is 0 Å². The first-order valence-corrected chi connectivity index (χ1v) is 9.43. The van der Waals surface area contributed by atoms with Gasteiger partial charge in [-0.3, -0.25) is 14.5 Å². The molecule has 1 saturated heterocycles. The Morgan fingerprint density at radius 3 is 2.00 bits per heavy atom. The average Bonchev–Trinajstić information content (AvgIpc) is 2.93. The molecule has 5 nitrogen and oxygen atoms in total. The summed E-state index contributed by atoms with van der Waals surface area (Å²) in [5.41, 5.74) is 4.15. The van der Waals surface area contributed by atoms with Crippen molar-refractivity contribution in [2.24, 2.45) is 0 Å². The molecular formula is C22H24N2O3. The zero-order valence-corrected chi connectivity index (χ0v) is 15.8. The molecule has 27 heavy (non-hydrogen) atoms. The largest absolute Gasteiger partial charge is 0.379 e. The Hall–Kier alpha value is -2.50. The van der Waals surface area contributed by atoms with Crippen LogP contribution in [0.3, 0.4) is 0 Å². The lowest BCUT2D eigenvalue weighted by atomic mass is 9.98. The minimum atomic E-state index is -0.166. The highest BCUT2D eigenvalue weighted by Gasteiger charge is 2.35. The van der Waals surface area contributed by atoms with Crippen molar-refractivity contribution in [3.8, 4) is 0 Å². The normalized spacial score (nSPS) is 20.7.